The predicted molar refractivity (Wildman–Crippen MR) is 61.7 cm³/mol. The van der Waals surface area contributed by atoms with Gasteiger partial charge in [0.05, 0.1) is 12.2 Å². The van der Waals surface area contributed by atoms with E-state index in [0.29, 0.717) is 23.3 Å². The molecule has 0 amide bonds. The summed E-state index contributed by atoms with van der Waals surface area (Å²) < 4.78 is 5.13. The molecule has 90 valence electrons. The van der Waals surface area contributed by atoms with Crippen LogP contribution in [0.3, 0.4) is 0 Å². The zero-order valence-electron chi connectivity index (χ0n) is 9.87. The average molecular weight is 233 g/mol. The van der Waals surface area contributed by atoms with Crippen LogP contribution in [0.1, 0.15) is 32.2 Å². The molecule has 0 fully saturated rings. The van der Waals surface area contributed by atoms with Crippen molar-refractivity contribution in [2.24, 2.45) is 11.7 Å². The molecule has 0 bridgehead atoms. The van der Waals surface area contributed by atoms with E-state index in [0.717, 1.165) is 6.42 Å². The van der Waals surface area contributed by atoms with Crippen LogP contribution in [0.2, 0.25) is 0 Å². The third kappa shape index (κ3) is 2.85. The molecule has 0 aliphatic heterocycles. The summed E-state index contributed by atoms with van der Waals surface area (Å²) in [7, 11) is 0. The van der Waals surface area contributed by atoms with Crippen molar-refractivity contribution in [3.05, 3.63) is 24.5 Å². The van der Waals surface area contributed by atoms with E-state index in [2.05, 4.69) is 34.0 Å². The van der Waals surface area contributed by atoms with Gasteiger partial charge in [0.25, 0.3) is 0 Å². The minimum absolute atomic E-state index is 0.229. The molecule has 2 N–H and O–H groups in total. The second-order valence-electron chi connectivity index (χ2n) is 4.28. The zero-order chi connectivity index (χ0) is 12.3. The molecule has 0 saturated heterocycles. The van der Waals surface area contributed by atoms with Crippen LogP contribution in [0.15, 0.2) is 23.1 Å². The fourth-order valence-corrected chi connectivity index (χ4v) is 1.51. The van der Waals surface area contributed by atoms with E-state index in [1.165, 1.54) is 0 Å². The van der Waals surface area contributed by atoms with E-state index in [1.54, 1.807) is 18.6 Å². The van der Waals surface area contributed by atoms with Crippen molar-refractivity contribution in [2.45, 2.75) is 26.3 Å². The second-order valence-corrected chi connectivity index (χ2v) is 4.28. The first-order valence-corrected chi connectivity index (χ1v) is 5.52. The van der Waals surface area contributed by atoms with Crippen molar-refractivity contribution < 1.29 is 4.52 Å². The molecule has 0 aliphatic carbocycles. The monoisotopic (exact) mass is 233 g/mol. The lowest BCUT2D eigenvalue weighted by Gasteiger charge is -2.08. The number of nitrogens with two attached hydrogens (primary N) is 1. The number of rotatable bonds is 4. The van der Waals surface area contributed by atoms with Gasteiger partial charge in [-0.1, -0.05) is 19.0 Å². The highest BCUT2D eigenvalue weighted by atomic mass is 16.5. The molecule has 2 heterocycles. The molecule has 0 aliphatic rings. The van der Waals surface area contributed by atoms with Crippen LogP contribution < -0.4 is 5.73 Å². The van der Waals surface area contributed by atoms with Crippen molar-refractivity contribution in [1.29, 1.82) is 0 Å². The number of hydrogen-bond donors (Lipinski definition) is 1. The van der Waals surface area contributed by atoms with Gasteiger partial charge in [-0.3, -0.25) is 4.98 Å². The largest absolute Gasteiger partial charge is 0.337 e. The summed E-state index contributed by atoms with van der Waals surface area (Å²) in [5, 5.41) is 3.85. The van der Waals surface area contributed by atoms with E-state index in [1.807, 2.05) is 0 Å². The summed E-state index contributed by atoms with van der Waals surface area (Å²) in [6.07, 6.45) is 5.57. The summed E-state index contributed by atoms with van der Waals surface area (Å²) in [6.45, 7) is 4.19. The molecular formula is C11H15N5O. The number of aromatic nitrogens is 4. The van der Waals surface area contributed by atoms with Gasteiger partial charge in [-0.15, -0.1) is 0 Å². The van der Waals surface area contributed by atoms with E-state index in [-0.39, 0.29) is 6.04 Å². The molecular weight excluding hydrogens is 218 g/mol. The molecule has 0 unspecified atom stereocenters. The topological polar surface area (TPSA) is 90.7 Å². The van der Waals surface area contributed by atoms with Gasteiger partial charge in [-0.2, -0.15) is 4.98 Å². The Kier molecular flexibility index (Phi) is 3.43. The molecule has 0 spiro atoms. The van der Waals surface area contributed by atoms with Crippen LogP contribution in [0.4, 0.5) is 0 Å². The van der Waals surface area contributed by atoms with E-state index < -0.39 is 0 Å². The highest BCUT2D eigenvalue weighted by Crippen LogP contribution is 2.19. The summed E-state index contributed by atoms with van der Waals surface area (Å²) in [4.78, 5) is 12.3. The Labute approximate surface area is 99.3 Å². The van der Waals surface area contributed by atoms with Crippen molar-refractivity contribution in [2.75, 3.05) is 0 Å². The van der Waals surface area contributed by atoms with Gasteiger partial charge in [0.1, 0.15) is 5.69 Å². The summed E-state index contributed by atoms with van der Waals surface area (Å²) >= 11 is 0. The van der Waals surface area contributed by atoms with E-state index >= 15 is 0 Å². The van der Waals surface area contributed by atoms with Gasteiger partial charge in [-0.05, 0) is 12.3 Å². The first kappa shape index (κ1) is 11.7. The van der Waals surface area contributed by atoms with Crippen molar-refractivity contribution in [1.82, 2.24) is 20.1 Å². The van der Waals surface area contributed by atoms with Crippen LogP contribution in [0.25, 0.3) is 11.5 Å². The van der Waals surface area contributed by atoms with Crippen LogP contribution in [-0.2, 0) is 0 Å². The normalized spacial score (nSPS) is 12.9. The first-order chi connectivity index (χ1) is 8.16. The summed E-state index contributed by atoms with van der Waals surface area (Å²) in [5.41, 5.74) is 6.54. The quantitative estimate of drug-likeness (QED) is 0.861. The lowest BCUT2D eigenvalue weighted by atomic mass is 10.0. The SMILES string of the molecule is CC(C)C[C@H](N)c1nc(-c2cnccn2)no1. The minimum atomic E-state index is -0.229. The Bertz CT molecular complexity index is 468. The highest BCUT2D eigenvalue weighted by Gasteiger charge is 2.17. The maximum atomic E-state index is 5.96. The zero-order valence-corrected chi connectivity index (χ0v) is 9.87. The molecule has 1 atom stereocenters. The molecule has 0 saturated carbocycles. The Morgan fingerprint density at radius 2 is 2.18 bits per heavy atom. The Hall–Kier alpha value is -1.82. The first-order valence-electron chi connectivity index (χ1n) is 5.52. The predicted octanol–water partition coefficient (Wildman–Crippen LogP) is 1.57. The smallest absolute Gasteiger partial charge is 0.243 e. The van der Waals surface area contributed by atoms with Crippen molar-refractivity contribution >= 4 is 0 Å². The van der Waals surface area contributed by atoms with Gasteiger partial charge >= 0.3 is 0 Å². The lowest BCUT2D eigenvalue weighted by Crippen LogP contribution is -2.13. The van der Waals surface area contributed by atoms with Crippen molar-refractivity contribution in [3.8, 4) is 11.5 Å². The molecule has 0 aromatic carbocycles. The van der Waals surface area contributed by atoms with Gasteiger partial charge < -0.3 is 10.3 Å². The van der Waals surface area contributed by atoms with Gasteiger partial charge in [0.2, 0.25) is 11.7 Å². The number of nitrogens with zero attached hydrogens (tertiary/aromatic N) is 4. The highest BCUT2D eigenvalue weighted by molar-refractivity contribution is 5.45. The molecule has 2 aromatic rings. The number of hydrogen-bond acceptors (Lipinski definition) is 6. The fraction of sp³-hybridized carbons (Fsp3) is 0.455. The lowest BCUT2D eigenvalue weighted by molar-refractivity contribution is 0.335. The van der Waals surface area contributed by atoms with Gasteiger partial charge in [-0.25, -0.2) is 4.98 Å². The molecule has 6 heteroatoms. The Morgan fingerprint density at radius 1 is 1.35 bits per heavy atom. The standard InChI is InChI=1S/C11H15N5O/c1-7(2)5-8(12)11-15-10(16-17-11)9-6-13-3-4-14-9/h3-4,6-8H,5,12H2,1-2H3/t8-/m0/s1. The van der Waals surface area contributed by atoms with Crippen LogP contribution >= 0.6 is 0 Å². The van der Waals surface area contributed by atoms with E-state index in [9.17, 15) is 0 Å². The van der Waals surface area contributed by atoms with Crippen LogP contribution in [-0.4, -0.2) is 20.1 Å². The molecule has 2 aromatic heterocycles. The van der Waals surface area contributed by atoms with Gasteiger partial charge in [0, 0.05) is 12.4 Å². The van der Waals surface area contributed by atoms with Gasteiger partial charge in [0.15, 0.2) is 0 Å². The third-order valence-electron chi connectivity index (χ3n) is 2.28. The minimum Gasteiger partial charge on any atom is -0.337 e. The molecule has 2 rings (SSSR count). The summed E-state index contributed by atoms with van der Waals surface area (Å²) in [5.74, 6) is 1.35. The summed E-state index contributed by atoms with van der Waals surface area (Å²) in [6, 6.07) is -0.229. The Balaban J connectivity index is 2.16. The maximum absolute atomic E-state index is 5.96. The van der Waals surface area contributed by atoms with Crippen molar-refractivity contribution in [3.63, 3.8) is 0 Å². The molecule has 0 radical (unpaired) electrons. The third-order valence-corrected chi connectivity index (χ3v) is 2.28. The molecule has 17 heavy (non-hydrogen) atoms. The van der Waals surface area contributed by atoms with E-state index in [4.69, 9.17) is 10.3 Å². The second kappa shape index (κ2) is 5.01. The average Bonchev–Trinajstić information content (AvgIpc) is 2.78. The fourth-order valence-electron chi connectivity index (χ4n) is 1.51. The maximum Gasteiger partial charge on any atom is 0.243 e. The van der Waals surface area contributed by atoms with Crippen LogP contribution in [0.5, 0.6) is 0 Å². The van der Waals surface area contributed by atoms with Crippen LogP contribution in [0, 0.1) is 5.92 Å². The molecule has 6 nitrogen and oxygen atoms in total. The Morgan fingerprint density at radius 3 is 2.82 bits per heavy atom.